The number of nitrogens with zero attached hydrogens (tertiary/aromatic N) is 1. The molecule has 0 unspecified atom stereocenters. The summed E-state index contributed by atoms with van der Waals surface area (Å²) in [5.41, 5.74) is 7.89. The fraction of sp³-hybridized carbons (Fsp3) is 0.429. The lowest BCUT2D eigenvalue weighted by Crippen LogP contribution is -2.38. The second-order valence-electron chi connectivity index (χ2n) is 4.60. The third-order valence-electron chi connectivity index (χ3n) is 3.15. The number of nitrogens with two attached hydrogens (primary N) is 1. The van der Waals surface area contributed by atoms with Crippen LogP contribution in [0.15, 0.2) is 18.2 Å². The van der Waals surface area contributed by atoms with E-state index in [2.05, 4.69) is 11.8 Å². The van der Waals surface area contributed by atoms with Gasteiger partial charge in [0.25, 0.3) is 0 Å². The van der Waals surface area contributed by atoms with Crippen LogP contribution in [0.2, 0.25) is 0 Å². The Labute approximate surface area is 114 Å². The molecular weight excluding hydrogens is 260 g/mol. The van der Waals surface area contributed by atoms with Crippen molar-refractivity contribution < 1.29 is 8.42 Å². The second kappa shape index (κ2) is 5.64. The summed E-state index contributed by atoms with van der Waals surface area (Å²) in [4.78, 5) is 0. The van der Waals surface area contributed by atoms with Crippen LogP contribution in [-0.4, -0.2) is 27.3 Å². The van der Waals surface area contributed by atoms with E-state index in [1.807, 2.05) is 25.1 Å². The fourth-order valence-corrected chi connectivity index (χ4v) is 3.93. The summed E-state index contributed by atoms with van der Waals surface area (Å²) in [6, 6.07) is 5.58. The van der Waals surface area contributed by atoms with E-state index in [1.54, 1.807) is 0 Å². The van der Waals surface area contributed by atoms with Gasteiger partial charge in [0.2, 0.25) is 10.0 Å². The Hall–Kier alpha value is -1.51. The summed E-state index contributed by atoms with van der Waals surface area (Å²) in [6.07, 6.45) is 1.66. The number of aryl methyl sites for hydroxylation is 1. The minimum Gasteiger partial charge on any atom is -0.320 e. The lowest BCUT2D eigenvalue weighted by Gasteiger charge is -2.29. The Bertz CT molecular complexity index is 627. The van der Waals surface area contributed by atoms with Crippen LogP contribution in [0.25, 0.3) is 0 Å². The van der Waals surface area contributed by atoms with Gasteiger partial charge in [-0.25, -0.2) is 8.42 Å². The maximum absolute atomic E-state index is 12.1. The zero-order valence-corrected chi connectivity index (χ0v) is 11.8. The first-order valence-electron chi connectivity index (χ1n) is 6.34. The zero-order valence-electron chi connectivity index (χ0n) is 11.0. The van der Waals surface area contributed by atoms with Gasteiger partial charge in [-0.15, -0.1) is 0 Å². The molecular formula is C14H18N2O2S. The summed E-state index contributed by atoms with van der Waals surface area (Å²) in [5, 5.41) is 0. The van der Waals surface area contributed by atoms with Crippen molar-refractivity contribution in [1.82, 2.24) is 0 Å². The van der Waals surface area contributed by atoms with Crippen LogP contribution in [0.4, 0.5) is 5.69 Å². The molecule has 0 atom stereocenters. The third-order valence-corrected chi connectivity index (χ3v) is 5.00. The van der Waals surface area contributed by atoms with Crippen molar-refractivity contribution in [2.24, 2.45) is 5.73 Å². The van der Waals surface area contributed by atoms with Gasteiger partial charge in [-0.2, -0.15) is 0 Å². The van der Waals surface area contributed by atoms with Crippen LogP contribution in [0.5, 0.6) is 0 Å². The Kier molecular flexibility index (Phi) is 4.13. The molecule has 102 valence electrons. The van der Waals surface area contributed by atoms with Gasteiger partial charge >= 0.3 is 0 Å². The average Bonchev–Trinajstić information content (AvgIpc) is 2.37. The minimum atomic E-state index is -3.15. The van der Waals surface area contributed by atoms with E-state index in [1.165, 1.54) is 4.31 Å². The molecule has 2 rings (SSSR count). The van der Waals surface area contributed by atoms with Crippen LogP contribution < -0.4 is 10.0 Å². The molecule has 1 fully saturated rings. The van der Waals surface area contributed by atoms with E-state index < -0.39 is 10.0 Å². The largest absolute Gasteiger partial charge is 0.320 e. The van der Waals surface area contributed by atoms with E-state index in [0.29, 0.717) is 13.1 Å². The van der Waals surface area contributed by atoms with Gasteiger partial charge in [0.1, 0.15) is 0 Å². The highest BCUT2D eigenvalue weighted by Crippen LogP contribution is 2.27. The molecule has 1 aromatic rings. The predicted molar refractivity (Wildman–Crippen MR) is 77.5 cm³/mol. The fourth-order valence-electron chi connectivity index (χ4n) is 2.23. The van der Waals surface area contributed by atoms with Gasteiger partial charge in [0.15, 0.2) is 0 Å². The van der Waals surface area contributed by atoms with E-state index in [0.717, 1.165) is 29.7 Å². The van der Waals surface area contributed by atoms with Gasteiger partial charge in [-0.3, -0.25) is 4.31 Å². The van der Waals surface area contributed by atoms with Crippen molar-refractivity contribution in [2.75, 3.05) is 23.1 Å². The van der Waals surface area contributed by atoms with Gasteiger partial charge in [0, 0.05) is 12.1 Å². The molecule has 1 aromatic carbocycles. The molecule has 0 aliphatic carbocycles. The first kappa shape index (κ1) is 13.9. The topological polar surface area (TPSA) is 63.4 Å². The number of rotatable bonds is 1. The molecule has 1 saturated heterocycles. The minimum absolute atomic E-state index is 0.237. The van der Waals surface area contributed by atoms with Crippen LogP contribution in [-0.2, 0) is 10.0 Å². The van der Waals surface area contributed by atoms with E-state index in [9.17, 15) is 8.42 Å². The van der Waals surface area contributed by atoms with Gasteiger partial charge in [-0.1, -0.05) is 11.8 Å². The quantitative estimate of drug-likeness (QED) is 0.786. The predicted octanol–water partition coefficient (Wildman–Crippen LogP) is 1.24. The van der Waals surface area contributed by atoms with Gasteiger partial charge < -0.3 is 5.73 Å². The highest BCUT2D eigenvalue weighted by atomic mass is 32.2. The molecule has 2 N–H and O–H groups in total. The highest BCUT2D eigenvalue weighted by molar-refractivity contribution is 7.92. The van der Waals surface area contributed by atoms with Crippen molar-refractivity contribution in [1.29, 1.82) is 0 Å². The average molecular weight is 278 g/mol. The summed E-state index contributed by atoms with van der Waals surface area (Å²) in [5.74, 6) is 5.98. The first-order valence-corrected chi connectivity index (χ1v) is 7.95. The molecule has 1 heterocycles. The number of hydrogen-bond donors (Lipinski definition) is 1. The maximum Gasteiger partial charge on any atom is 0.235 e. The molecule has 0 saturated carbocycles. The van der Waals surface area contributed by atoms with Crippen molar-refractivity contribution in [3.05, 3.63) is 29.3 Å². The molecule has 0 bridgehead atoms. The lowest BCUT2D eigenvalue weighted by atomic mass is 10.1. The van der Waals surface area contributed by atoms with Crippen LogP contribution >= 0.6 is 0 Å². The Morgan fingerprint density at radius 1 is 1.37 bits per heavy atom. The van der Waals surface area contributed by atoms with E-state index in [-0.39, 0.29) is 5.75 Å². The zero-order chi connectivity index (χ0) is 13.9. The monoisotopic (exact) mass is 278 g/mol. The Morgan fingerprint density at radius 2 is 2.16 bits per heavy atom. The maximum atomic E-state index is 12.1. The van der Waals surface area contributed by atoms with E-state index >= 15 is 0 Å². The molecule has 0 spiro atoms. The van der Waals surface area contributed by atoms with Crippen molar-refractivity contribution in [2.45, 2.75) is 19.8 Å². The van der Waals surface area contributed by atoms with Gasteiger partial charge in [0.05, 0.1) is 18.0 Å². The third kappa shape index (κ3) is 3.09. The van der Waals surface area contributed by atoms with E-state index in [4.69, 9.17) is 5.73 Å². The summed E-state index contributed by atoms with van der Waals surface area (Å²) < 4.78 is 25.7. The second-order valence-corrected chi connectivity index (χ2v) is 6.62. The lowest BCUT2D eigenvalue weighted by molar-refractivity contribution is 0.574. The number of hydrogen-bond acceptors (Lipinski definition) is 3. The molecule has 1 aliphatic rings. The van der Waals surface area contributed by atoms with Gasteiger partial charge in [-0.05, 0) is 43.5 Å². The molecule has 1 aliphatic heterocycles. The smallest absolute Gasteiger partial charge is 0.235 e. The SMILES string of the molecule is Cc1cc(C#CCN)ccc1N1CCCCS1(=O)=O. The molecule has 5 heteroatoms. The summed E-state index contributed by atoms with van der Waals surface area (Å²) in [7, 11) is -3.15. The summed E-state index contributed by atoms with van der Waals surface area (Å²) >= 11 is 0. The highest BCUT2D eigenvalue weighted by Gasteiger charge is 2.26. The number of sulfonamides is 1. The number of benzene rings is 1. The number of anilines is 1. The van der Waals surface area contributed by atoms with Crippen LogP contribution in [0.1, 0.15) is 24.0 Å². The van der Waals surface area contributed by atoms with Crippen LogP contribution in [0.3, 0.4) is 0 Å². The molecule has 0 aromatic heterocycles. The normalized spacial score (nSPS) is 17.7. The molecule has 19 heavy (non-hydrogen) atoms. The molecule has 0 amide bonds. The summed E-state index contributed by atoms with van der Waals surface area (Å²) in [6.45, 7) is 2.80. The molecule has 4 nitrogen and oxygen atoms in total. The van der Waals surface area contributed by atoms with Crippen molar-refractivity contribution in [3.63, 3.8) is 0 Å². The first-order chi connectivity index (χ1) is 9.04. The Morgan fingerprint density at radius 3 is 2.79 bits per heavy atom. The Balaban J connectivity index is 2.35. The van der Waals surface area contributed by atoms with Crippen molar-refractivity contribution in [3.8, 4) is 11.8 Å². The molecule has 0 radical (unpaired) electrons. The van der Waals surface area contributed by atoms with Crippen LogP contribution in [0, 0.1) is 18.8 Å². The standard InChI is InChI=1S/C14H18N2O2S/c1-12-11-13(5-4-8-15)6-7-14(12)16-9-2-3-10-19(16,17)18/h6-7,11H,2-3,8-10,15H2,1H3. The van der Waals surface area contributed by atoms with Crippen molar-refractivity contribution >= 4 is 15.7 Å².